The van der Waals surface area contributed by atoms with E-state index in [-0.39, 0.29) is 5.56 Å². The Morgan fingerprint density at radius 1 is 1.16 bits per heavy atom. The Bertz CT molecular complexity index is 525. The number of hydrogen-bond acceptors (Lipinski definition) is 4. The highest BCUT2D eigenvalue weighted by atomic mass is 16.1. The van der Waals surface area contributed by atoms with Crippen molar-refractivity contribution in [3.05, 3.63) is 22.1 Å². The molecule has 4 bridgehead atoms. The van der Waals surface area contributed by atoms with Gasteiger partial charge in [-0.1, -0.05) is 0 Å². The summed E-state index contributed by atoms with van der Waals surface area (Å²) < 4.78 is 0. The van der Waals surface area contributed by atoms with E-state index in [2.05, 4.69) is 15.4 Å². The minimum absolute atomic E-state index is 0.105. The van der Waals surface area contributed by atoms with Gasteiger partial charge in [0.2, 0.25) is 5.95 Å². The molecule has 4 aliphatic carbocycles. The minimum Gasteiger partial charge on any atom is -0.294 e. The molecule has 0 aromatic carbocycles. The van der Waals surface area contributed by atoms with Gasteiger partial charge in [0.05, 0.1) is 5.69 Å². The topological polar surface area (TPSA) is 83.8 Å². The molecular weight excluding hydrogens is 240 g/mol. The van der Waals surface area contributed by atoms with Crippen molar-refractivity contribution in [3.63, 3.8) is 0 Å². The van der Waals surface area contributed by atoms with Gasteiger partial charge in [-0.15, -0.1) is 0 Å². The standard InChI is InChI=1S/C14H20N4O/c15-18-14-16-11(6-12(19)17-14)13-9-2-7-1-8(4-9)5-10(13)3-7/h6-10,13H,1-5,15H2,(H2,16,17,18,19). The Labute approximate surface area is 112 Å². The van der Waals surface area contributed by atoms with Crippen molar-refractivity contribution in [2.45, 2.75) is 38.0 Å². The lowest BCUT2D eigenvalue weighted by atomic mass is 9.51. The van der Waals surface area contributed by atoms with Gasteiger partial charge < -0.3 is 0 Å². The number of aromatic nitrogens is 2. The number of nitrogens with zero attached hydrogens (tertiary/aromatic N) is 1. The summed E-state index contributed by atoms with van der Waals surface area (Å²) in [6, 6.07) is 1.67. The van der Waals surface area contributed by atoms with Crippen LogP contribution in [0.1, 0.15) is 43.7 Å². The molecule has 19 heavy (non-hydrogen) atoms. The molecule has 4 aliphatic rings. The average Bonchev–Trinajstić information content (AvgIpc) is 2.36. The van der Waals surface area contributed by atoms with Crippen LogP contribution in [0, 0.1) is 23.7 Å². The van der Waals surface area contributed by atoms with Crippen LogP contribution >= 0.6 is 0 Å². The number of nitrogens with two attached hydrogens (primary N) is 1. The Kier molecular flexibility index (Phi) is 2.45. The van der Waals surface area contributed by atoms with Gasteiger partial charge >= 0.3 is 0 Å². The molecule has 4 saturated carbocycles. The third-order valence-electron chi connectivity index (χ3n) is 5.47. The minimum atomic E-state index is -0.105. The number of rotatable bonds is 2. The zero-order valence-electron chi connectivity index (χ0n) is 10.9. The Morgan fingerprint density at radius 2 is 1.79 bits per heavy atom. The van der Waals surface area contributed by atoms with Crippen molar-refractivity contribution >= 4 is 5.95 Å². The first kappa shape index (κ1) is 11.5. The van der Waals surface area contributed by atoms with E-state index in [4.69, 9.17) is 5.84 Å². The van der Waals surface area contributed by atoms with Gasteiger partial charge in [0.15, 0.2) is 0 Å². The summed E-state index contributed by atoms with van der Waals surface area (Å²) >= 11 is 0. The quantitative estimate of drug-likeness (QED) is 0.557. The molecule has 5 rings (SSSR count). The van der Waals surface area contributed by atoms with Crippen LogP contribution in [0.2, 0.25) is 0 Å². The molecule has 1 heterocycles. The molecule has 4 fully saturated rings. The number of aromatic amines is 1. The van der Waals surface area contributed by atoms with Crippen molar-refractivity contribution in [3.8, 4) is 0 Å². The largest absolute Gasteiger partial charge is 0.294 e. The molecule has 102 valence electrons. The van der Waals surface area contributed by atoms with E-state index in [0.29, 0.717) is 11.9 Å². The molecule has 0 saturated heterocycles. The number of hydrogen-bond donors (Lipinski definition) is 3. The summed E-state index contributed by atoms with van der Waals surface area (Å²) in [5.41, 5.74) is 3.31. The molecule has 1 aromatic rings. The lowest BCUT2D eigenvalue weighted by molar-refractivity contribution is -0.00417. The maximum atomic E-state index is 11.7. The molecule has 0 atom stereocenters. The molecule has 0 radical (unpaired) electrons. The van der Waals surface area contributed by atoms with Crippen molar-refractivity contribution < 1.29 is 0 Å². The highest BCUT2D eigenvalue weighted by Crippen LogP contribution is 2.59. The maximum Gasteiger partial charge on any atom is 0.252 e. The average molecular weight is 260 g/mol. The van der Waals surface area contributed by atoms with E-state index in [1.807, 2.05) is 0 Å². The zero-order chi connectivity index (χ0) is 13.0. The number of H-pyrrole nitrogens is 1. The number of anilines is 1. The summed E-state index contributed by atoms with van der Waals surface area (Å²) in [5, 5.41) is 0. The fourth-order valence-corrected chi connectivity index (χ4v) is 5.12. The maximum absolute atomic E-state index is 11.7. The fourth-order valence-electron chi connectivity index (χ4n) is 5.12. The van der Waals surface area contributed by atoms with Gasteiger partial charge in [0, 0.05) is 12.0 Å². The zero-order valence-corrected chi connectivity index (χ0v) is 10.9. The second-order valence-electron chi connectivity index (χ2n) is 6.62. The van der Waals surface area contributed by atoms with Crippen molar-refractivity contribution in [1.29, 1.82) is 0 Å². The predicted octanol–water partition coefficient (Wildman–Crippen LogP) is 1.60. The SMILES string of the molecule is NNc1nc(C2C3CC4CC(C3)CC2C4)cc(=O)[nH]1. The second kappa shape index (κ2) is 4.07. The molecule has 5 heteroatoms. The van der Waals surface area contributed by atoms with Crippen LogP contribution in [0.15, 0.2) is 10.9 Å². The van der Waals surface area contributed by atoms with Gasteiger partial charge in [-0.05, 0) is 55.8 Å². The highest BCUT2D eigenvalue weighted by molar-refractivity contribution is 5.26. The van der Waals surface area contributed by atoms with E-state index >= 15 is 0 Å². The van der Waals surface area contributed by atoms with Crippen molar-refractivity contribution in [2.24, 2.45) is 29.5 Å². The van der Waals surface area contributed by atoms with Gasteiger partial charge in [-0.3, -0.25) is 15.2 Å². The second-order valence-corrected chi connectivity index (χ2v) is 6.62. The first-order valence-electron chi connectivity index (χ1n) is 7.31. The first-order chi connectivity index (χ1) is 9.22. The third kappa shape index (κ3) is 1.79. The number of hydrazine groups is 1. The van der Waals surface area contributed by atoms with Crippen LogP contribution < -0.4 is 16.8 Å². The molecule has 0 amide bonds. The summed E-state index contributed by atoms with van der Waals surface area (Å²) in [5.74, 6) is 9.58. The smallest absolute Gasteiger partial charge is 0.252 e. The van der Waals surface area contributed by atoms with Crippen LogP contribution in [0.25, 0.3) is 0 Å². The Hall–Kier alpha value is -1.36. The van der Waals surface area contributed by atoms with Crippen LogP contribution in [-0.4, -0.2) is 9.97 Å². The summed E-state index contributed by atoms with van der Waals surface area (Å²) in [7, 11) is 0. The molecule has 0 unspecified atom stereocenters. The summed E-state index contributed by atoms with van der Waals surface area (Å²) in [6.07, 6.45) is 6.77. The van der Waals surface area contributed by atoms with E-state index in [0.717, 1.165) is 29.4 Å². The van der Waals surface area contributed by atoms with Crippen LogP contribution in [0.5, 0.6) is 0 Å². The monoisotopic (exact) mass is 260 g/mol. The molecular formula is C14H20N4O. The highest BCUT2D eigenvalue weighted by Gasteiger charge is 2.49. The predicted molar refractivity (Wildman–Crippen MR) is 72.5 cm³/mol. The molecule has 4 N–H and O–H groups in total. The normalized spacial score (nSPS) is 39.5. The third-order valence-corrected chi connectivity index (χ3v) is 5.47. The lowest BCUT2D eigenvalue weighted by Crippen LogP contribution is -2.44. The van der Waals surface area contributed by atoms with Gasteiger partial charge in [0.1, 0.15) is 0 Å². The van der Waals surface area contributed by atoms with Gasteiger partial charge in [-0.2, -0.15) is 0 Å². The number of nitrogen functional groups attached to an aromatic ring is 1. The van der Waals surface area contributed by atoms with E-state index < -0.39 is 0 Å². The van der Waals surface area contributed by atoms with Gasteiger partial charge in [0.25, 0.3) is 5.56 Å². The van der Waals surface area contributed by atoms with Gasteiger partial charge in [-0.25, -0.2) is 10.8 Å². The molecule has 0 aliphatic heterocycles. The number of nitrogens with one attached hydrogen (secondary N) is 2. The van der Waals surface area contributed by atoms with E-state index in [1.165, 1.54) is 32.1 Å². The molecule has 1 aromatic heterocycles. The summed E-state index contributed by atoms with van der Waals surface area (Å²) in [4.78, 5) is 18.8. The lowest BCUT2D eigenvalue weighted by Gasteiger charge is -2.54. The Morgan fingerprint density at radius 3 is 2.37 bits per heavy atom. The van der Waals surface area contributed by atoms with Crippen LogP contribution in [0.3, 0.4) is 0 Å². The van der Waals surface area contributed by atoms with E-state index in [9.17, 15) is 4.79 Å². The van der Waals surface area contributed by atoms with Crippen LogP contribution in [0.4, 0.5) is 5.95 Å². The first-order valence-corrected chi connectivity index (χ1v) is 7.31. The van der Waals surface area contributed by atoms with Crippen LogP contribution in [-0.2, 0) is 0 Å². The van der Waals surface area contributed by atoms with E-state index in [1.54, 1.807) is 6.07 Å². The summed E-state index contributed by atoms with van der Waals surface area (Å²) in [6.45, 7) is 0. The molecule has 5 nitrogen and oxygen atoms in total. The molecule has 0 spiro atoms. The van der Waals surface area contributed by atoms with Crippen molar-refractivity contribution in [2.75, 3.05) is 5.43 Å². The van der Waals surface area contributed by atoms with Crippen molar-refractivity contribution in [1.82, 2.24) is 9.97 Å². The fraction of sp³-hybridized carbons (Fsp3) is 0.714. The Balaban J connectivity index is 1.72.